The van der Waals surface area contributed by atoms with Gasteiger partial charge in [0.25, 0.3) is 0 Å². The standard InChI is InChI=1S/C42H57N3O6/c1-24-15-26(17-29(33(24)46)39(3,4)5)21-43-36(49)44(22-27-16-25(2)34(47)30(18-27)40(6,7)8)38(51)45(37(43)50)23-28-19-31(41(9,10)11)35(48)32(20-28)42(12,13)14/h15-20,46-48H,21-23H2,1-14H3. The van der Waals surface area contributed by atoms with Gasteiger partial charge in [-0.15, -0.1) is 0 Å². The molecule has 0 atom stereocenters. The summed E-state index contributed by atoms with van der Waals surface area (Å²) in [6.07, 6.45) is 0. The number of phenols is 3. The molecule has 0 aliphatic rings. The predicted molar refractivity (Wildman–Crippen MR) is 205 cm³/mol. The van der Waals surface area contributed by atoms with Crippen molar-refractivity contribution >= 4 is 0 Å². The zero-order valence-corrected chi connectivity index (χ0v) is 33.0. The van der Waals surface area contributed by atoms with E-state index in [0.717, 1.165) is 13.7 Å². The molecule has 0 fully saturated rings. The quantitative estimate of drug-likeness (QED) is 0.195. The molecule has 51 heavy (non-hydrogen) atoms. The van der Waals surface area contributed by atoms with E-state index in [2.05, 4.69) is 0 Å². The first-order valence-corrected chi connectivity index (χ1v) is 17.6. The first kappa shape index (κ1) is 39.3. The van der Waals surface area contributed by atoms with E-state index in [1.807, 2.05) is 95.2 Å². The highest BCUT2D eigenvalue weighted by atomic mass is 16.3. The minimum Gasteiger partial charge on any atom is -0.507 e. The van der Waals surface area contributed by atoms with Gasteiger partial charge in [0.05, 0.1) is 19.6 Å². The van der Waals surface area contributed by atoms with Crippen LogP contribution in [-0.4, -0.2) is 29.0 Å². The molecule has 3 aromatic carbocycles. The second kappa shape index (κ2) is 13.2. The van der Waals surface area contributed by atoms with Gasteiger partial charge in [-0.1, -0.05) is 95.2 Å². The Bertz CT molecular complexity index is 2030. The van der Waals surface area contributed by atoms with E-state index in [1.165, 1.54) is 0 Å². The smallest absolute Gasteiger partial charge is 0.336 e. The number of aromatic nitrogens is 3. The van der Waals surface area contributed by atoms with Crippen LogP contribution in [0.15, 0.2) is 50.8 Å². The Morgan fingerprint density at radius 2 is 0.627 bits per heavy atom. The fourth-order valence-corrected chi connectivity index (χ4v) is 6.60. The van der Waals surface area contributed by atoms with E-state index >= 15 is 0 Å². The molecule has 4 rings (SSSR count). The molecule has 0 radical (unpaired) electrons. The van der Waals surface area contributed by atoms with Gasteiger partial charge in [0, 0.05) is 0 Å². The Morgan fingerprint density at radius 1 is 0.412 bits per heavy atom. The maximum atomic E-state index is 14.4. The first-order valence-electron chi connectivity index (χ1n) is 17.6. The molecule has 0 saturated carbocycles. The van der Waals surface area contributed by atoms with Crippen LogP contribution in [0.4, 0.5) is 0 Å². The average molecular weight is 700 g/mol. The topological polar surface area (TPSA) is 127 Å². The van der Waals surface area contributed by atoms with Crippen LogP contribution < -0.4 is 17.1 Å². The summed E-state index contributed by atoms with van der Waals surface area (Å²) in [5.74, 6) is 0.508. The summed E-state index contributed by atoms with van der Waals surface area (Å²) in [6.45, 7) is 27.0. The Balaban J connectivity index is 2.03. The molecule has 276 valence electrons. The van der Waals surface area contributed by atoms with Crippen LogP contribution in [0, 0.1) is 13.8 Å². The van der Waals surface area contributed by atoms with Crippen LogP contribution in [0.25, 0.3) is 0 Å². The van der Waals surface area contributed by atoms with Gasteiger partial charge in [0.2, 0.25) is 0 Å². The van der Waals surface area contributed by atoms with Crippen LogP contribution in [0.5, 0.6) is 17.2 Å². The third-order valence-corrected chi connectivity index (χ3v) is 9.53. The maximum absolute atomic E-state index is 14.4. The van der Waals surface area contributed by atoms with E-state index in [9.17, 15) is 29.7 Å². The normalized spacial score (nSPS) is 12.8. The average Bonchev–Trinajstić information content (AvgIpc) is 2.97. The van der Waals surface area contributed by atoms with Gasteiger partial charge in [-0.3, -0.25) is 0 Å². The minimum atomic E-state index is -0.760. The van der Waals surface area contributed by atoms with Gasteiger partial charge in [-0.2, -0.15) is 0 Å². The number of aromatic hydroxyl groups is 3. The van der Waals surface area contributed by atoms with Crippen molar-refractivity contribution in [1.29, 1.82) is 0 Å². The van der Waals surface area contributed by atoms with Crippen LogP contribution >= 0.6 is 0 Å². The van der Waals surface area contributed by atoms with E-state index in [1.54, 1.807) is 38.1 Å². The Morgan fingerprint density at radius 3 is 0.863 bits per heavy atom. The molecule has 0 aliphatic heterocycles. The van der Waals surface area contributed by atoms with Gasteiger partial charge >= 0.3 is 17.1 Å². The number of benzene rings is 3. The summed E-state index contributed by atoms with van der Waals surface area (Å²) in [4.78, 5) is 43.0. The zero-order chi connectivity index (χ0) is 38.8. The van der Waals surface area contributed by atoms with Crippen molar-refractivity contribution in [2.75, 3.05) is 0 Å². The Labute approximate surface area is 301 Å². The lowest BCUT2D eigenvalue weighted by Gasteiger charge is -2.28. The number of rotatable bonds is 6. The van der Waals surface area contributed by atoms with Crippen molar-refractivity contribution in [2.24, 2.45) is 0 Å². The maximum Gasteiger partial charge on any atom is 0.336 e. The van der Waals surface area contributed by atoms with Crippen LogP contribution in [-0.2, 0) is 41.3 Å². The third kappa shape index (κ3) is 8.03. The molecule has 9 nitrogen and oxygen atoms in total. The largest absolute Gasteiger partial charge is 0.507 e. The van der Waals surface area contributed by atoms with Gasteiger partial charge in [-0.25, -0.2) is 28.1 Å². The first-order chi connectivity index (χ1) is 23.1. The lowest BCUT2D eigenvalue weighted by atomic mass is 9.78. The highest BCUT2D eigenvalue weighted by molar-refractivity contribution is 5.50. The molecule has 3 N–H and O–H groups in total. The van der Waals surface area contributed by atoms with Gasteiger partial charge in [0.1, 0.15) is 17.2 Å². The van der Waals surface area contributed by atoms with Gasteiger partial charge < -0.3 is 15.3 Å². The number of hydrogen-bond acceptors (Lipinski definition) is 6. The fraction of sp³-hybridized carbons (Fsp3) is 0.500. The Kier molecular flexibility index (Phi) is 10.2. The number of phenolic OH excluding ortho intramolecular Hbond substituents is 3. The van der Waals surface area contributed by atoms with Crippen molar-refractivity contribution in [3.63, 3.8) is 0 Å². The molecule has 9 heteroatoms. The van der Waals surface area contributed by atoms with Crippen molar-refractivity contribution < 1.29 is 15.3 Å². The molecule has 4 aromatic rings. The van der Waals surface area contributed by atoms with Crippen molar-refractivity contribution in [3.8, 4) is 17.2 Å². The summed E-state index contributed by atoms with van der Waals surface area (Å²) in [5.41, 5.74) is 1.91. The SMILES string of the molecule is Cc1cc(Cn2c(=O)n(Cc3cc(C)c(O)c(C(C)(C)C)c3)c(=O)n(Cc3cc(C(C)(C)C)c(O)c(C(C)(C)C)c3)c2=O)cc(C(C)(C)C)c1O. The molecule has 1 aromatic heterocycles. The van der Waals surface area contributed by atoms with E-state index in [4.69, 9.17) is 0 Å². The second-order valence-corrected chi connectivity index (χ2v) is 18.3. The van der Waals surface area contributed by atoms with Gasteiger partial charge in [0.15, 0.2) is 0 Å². The monoisotopic (exact) mass is 699 g/mol. The fourth-order valence-electron chi connectivity index (χ4n) is 6.60. The zero-order valence-electron chi connectivity index (χ0n) is 33.0. The Hall–Kier alpha value is -4.53. The van der Waals surface area contributed by atoms with Crippen molar-refractivity contribution in [1.82, 2.24) is 13.7 Å². The summed E-state index contributed by atoms with van der Waals surface area (Å²) >= 11 is 0. The minimum absolute atomic E-state index is 0.125. The van der Waals surface area contributed by atoms with Crippen LogP contribution in [0.3, 0.4) is 0 Å². The lowest BCUT2D eigenvalue weighted by molar-refractivity contribution is 0.422. The molecular formula is C42H57N3O6. The molecule has 0 saturated heterocycles. The predicted octanol–water partition coefficient (Wildman–Crippen LogP) is 7.24. The van der Waals surface area contributed by atoms with E-state index in [-0.39, 0.29) is 36.9 Å². The van der Waals surface area contributed by atoms with Crippen molar-refractivity contribution in [3.05, 3.63) is 118 Å². The van der Waals surface area contributed by atoms with Gasteiger partial charge in [-0.05, 0) is 110 Å². The van der Waals surface area contributed by atoms with Crippen molar-refractivity contribution in [2.45, 2.75) is 138 Å². The molecule has 0 spiro atoms. The van der Waals surface area contributed by atoms with Crippen LogP contribution in [0.2, 0.25) is 0 Å². The highest BCUT2D eigenvalue weighted by Gasteiger charge is 2.28. The summed E-state index contributed by atoms with van der Waals surface area (Å²) in [6, 6.07) is 10.8. The third-order valence-electron chi connectivity index (χ3n) is 9.53. The van der Waals surface area contributed by atoms with E-state index < -0.39 is 38.7 Å². The molecule has 1 heterocycles. The molecular weight excluding hydrogens is 642 g/mol. The number of aryl methyl sites for hydroxylation is 2. The molecule has 0 amide bonds. The summed E-state index contributed by atoms with van der Waals surface area (Å²) in [7, 11) is 0. The van der Waals surface area contributed by atoms with Crippen LogP contribution in [0.1, 0.15) is 133 Å². The second-order valence-electron chi connectivity index (χ2n) is 18.3. The lowest BCUT2D eigenvalue weighted by Crippen LogP contribution is -2.54. The number of nitrogens with zero attached hydrogens (tertiary/aromatic N) is 3. The molecule has 0 unspecified atom stereocenters. The summed E-state index contributed by atoms with van der Waals surface area (Å²) < 4.78 is 3.24. The summed E-state index contributed by atoms with van der Waals surface area (Å²) in [5, 5.41) is 33.1. The molecule has 0 aliphatic carbocycles. The molecule has 0 bridgehead atoms. The van der Waals surface area contributed by atoms with E-state index in [0.29, 0.717) is 50.1 Å². The number of hydrogen-bond donors (Lipinski definition) is 3. The highest BCUT2D eigenvalue weighted by Crippen LogP contribution is 2.40.